The molecule has 6 heteroatoms. The molecule has 0 radical (unpaired) electrons. The van der Waals surface area contributed by atoms with Crippen molar-refractivity contribution in [3.05, 3.63) is 39.8 Å². The van der Waals surface area contributed by atoms with Gasteiger partial charge in [-0.3, -0.25) is 14.5 Å². The predicted octanol–water partition coefficient (Wildman–Crippen LogP) is 2.59. The van der Waals surface area contributed by atoms with Crippen molar-refractivity contribution in [1.29, 1.82) is 0 Å². The van der Waals surface area contributed by atoms with Crippen molar-refractivity contribution in [3.8, 4) is 0 Å². The van der Waals surface area contributed by atoms with Gasteiger partial charge >= 0.3 is 5.97 Å². The number of rotatable bonds is 3. The van der Waals surface area contributed by atoms with Crippen LogP contribution in [0, 0.1) is 13.8 Å². The highest BCUT2D eigenvalue weighted by molar-refractivity contribution is 8.26. The number of thiocarbonyl (C=S) groups is 1. The van der Waals surface area contributed by atoms with Crippen LogP contribution in [-0.4, -0.2) is 32.7 Å². The van der Waals surface area contributed by atoms with E-state index in [0.29, 0.717) is 4.91 Å². The topological polar surface area (TPSA) is 57.6 Å². The molecule has 4 nitrogen and oxygen atoms in total. The van der Waals surface area contributed by atoms with Crippen LogP contribution in [0.2, 0.25) is 0 Å². The molecule has 0 atom stereocenters. The molecule has 20 heavy (non-hydrogen) atoms. The highest BCUT2D eigenvalue weighted by Gasteiger charge is 2.33. The number of benzene rings is 1. The van der Waals surface area contributed by atoms with Crippen LogP contribution in [0.1, 0.15) is 16.7 Å². The third-order valence-corrected chi connectivity index (χ3v) is 4.27. The standard InChI is InChI=1S/C14H13NO3S2/c1-8-3-4-9(2)10(5-8)6-11-13(18)15(7-12(16)17)14(19)20-11/h3-6H,7H2,1-2H3,(H,16,17). The molecular formula is C14H13NO3S2. The molecule has 1 aliphatic rings. The van der Waals surface area contributed by atoms with E-state index in [2.05, 4.69) is 0 Å². The van der Waals surface area contributed by atoms with Crippen LogP contribution in [0.15, 0.2) is 23.1 Å². The molecule has 0 saturated carbocycles. The first-order valence-electron chi connectivity index (χ1n) is 5.93. The van der Waals surface area contributed by atoms with Crippen molar-refractivity contribution in [1.82, 2.24) is 4.90 Å². The average Bonchev–Trinajstić information content (AvgIpc) is 2.61. The van der Waals surface area contributed by atoms with Gasteiger partial charge in [0.1, 0.15) is 10.9 Å². The van der Waals surface area contributed by atoms with Crippen molar-refractivity contribution in [3.63, 3.8) is 0 Å². The predicted molar refractivity (Wildman–Crippen MR) is 83.4 cm³/mol. The number of carbonyl (C=O) groups is 2. The summed E-state index contributed by atoms with van der Waals surface area (Å²) in [5.41, 5.74) is 3.10. The molecule has 1 N–H and O–H groups in total. The van der Waals surface area contributed by atoms with Gasteiger partial charge in [0.05, 0.1) is 4.91 Å². The maximum Gasteiger partial charge on any atom is 0.323 e. The summed E-state index contributed by atoms with van der Waals surface area (Å²) < 4.78 is 0.286. The van der Waals surface area contributed by atoms with Gasteiger partial charge in [-0.1, -0.05) is 47.7 Å². The Morgan fingerprint density at radius 1 is 1.45 bits per heavy atom. The van der Waals surface area contributed by atoms with Crippen LogP contribution in [0.5, 0.6) is 0 Å². The zero-order valence-corrected chi connectivity index (χ0v) is 12.7. The average molecular weight is 307 g/mol. The lowest BCUT2D eigenvalue weighted by atomic mass is 10.1. The fraction of sp³-hybridized carbons (Fsp3) is 0.214. The maximum absolute atomic E-state index is 12.1. The summed E-state index contributed by atoms with van der Waals surface area (Å²) in [6.07, 6.45) is 1.77. The first-order valence-corrected chi connectivity index (χ1v) is 7.15. The molecule has 0 aliphatic carbocycles. The number of carbonyl (C=O) groups excluding carboxylic acids is 1. The second-order valence-corrected chi connectivity index (χ2v) is 6.20. The van der Waals surface area contributed by atoms with E-state index >= 15 is 0 Å². The fourth-order valence-corrected chi connectivity index (χ4v) is 3.07. The van der Waals surface area contributed by atoms with Gasteiger partial charge in [0.2, 0.25) is 0 Å². The molecule has 1 amide bonds. The van der Waals surface area contributed by atoms with E-state index in [9.17, 15) is 9.59 Å². The number of thioether (sulfide) groups is 1. The normalized spacial score (nSPS) is 17.1. The summed E-state index contributed by atoms with van der Waals surface area (Å²) in [7, 11) is 0. The molecule has 0 spiro atoms. The monoisotopic (exact) mass is 307 g/mol. The van der Waals surface area contributed by atoms with Crippen LogP contribution < -0.4 is 0 Å². The molecule has 104 valence electrons. The highest BCUT2D eigenvalue weighted by atomic mass is 32.2. The Bertz CT molecular complexity index is 637. The Balaban J connectivity index is 2.32. The lowest BCUT2D eigenvalue weighted by Crippen LogP contribution is -2.33. The van der Waals surface area contributed by atoms with E-state index in [-0.39, 0.29) is 10.2 Å². The second-order valence-electron chi connectivity index (χ2n) is 4.52. The number of amides is 1. The van der Waals surface area contributed by atoms with Crippen LogP contribution >= 0.6 is 24.0 Å². The van der Waals surface area contributed by atoms with Crippen molar-refractivity contribution in [2.45, 2.75) is 13.8 Å². The molecule has 0 unspecified atom stereocenters. The van der Waals surface area contributed by atoms with Gasteiger partial charge in [0.15, 0.2) is 0 Å². The van der Waals surface area contributed by atoms with Gasteiger partial charge in [0.25, 0.3) is 5.91 Å². The summed E-state index contributed by atoms with van der Waals surface area (Å²) in [6, 6.07) is 5.97. The number of nitrogens with zero attached hydrogens (tertiary/aromatic N) is 1. The lowest BCUT2D eigenvalue weighted by Gasteiger charge is -2.10. The van der Waals surface area contributed by atoms with E-state index in [0.717, 1.165) is 33.4 Å². The van der Waals surface area contributed by atoms with Gasteiger partial charge in [-0.15, -0.1) is 0 Å². The number of hydrogen-bond acceptors (Lipinski definition) is 4. The summed E-state index contributed by atoms with van der Waals surface area (Å²) in [5.74, 6) is -1.42. The molecule has 0 aromatic heterocycles. The van der Waals surface area contributed by atoms with E-state index in [1.165, 1.54) is 0 Å². The fourth-order valence-electron chi connectivity index (χ4n) is 1.83. The molecule has 1 saturated heterocycles. The summed E-state index contributed by atoms with van der Waals surface area (Å²) in [6.45, 7) is 3.55. The third kappa shape index (κ3) is 3.08. The van der Waals surface area contributed by atoms with Gasteiger partial charge in [-0.2, -0.15) is 0 Å². The van der Waals surface area contributed by atoms with E-state index in [1.807, 2.05) is 32.0 Å². The van der Waals surface area contributed by atoms with Crippen molar-refractivity contribution >= 4 is 46.3 Å². The first kappa shape index (κ1) is 14.7. The largest absolute Gasteiger partial charge is 0.480 e. The minimum Gasteiger partial charge on any atom is -0.480 e. The number of aryl methyl sites for hydroxylation is 2. The first-order chi connectivity index (χ1) is 9.38. The number of hydrogen-bond donors (Lipinski definition) is 1. The van der Waals surface area contributed by atoms with E-state index < -0.39 is 12.5 Å². The zero-order chi connectivity index (χ0) is 14.9. The van der Waals surface area contributed by atoms with Crippen molar-refractivity contribution in [2.75, 3.05) is 6.54 Å². The molecule has 1 heterocycles. The van der Waals surface area contributed by atoms with Crippen LogP contribution in [-0.2, 0) is 9.59 Å². The second kappa shape index (κ2) is 5.76. The maximum atomic E-state index is 12.1. The molecule has 1 fully saturated rings. The molecule has 1 aromatic carbocycles. The molecule has 1 aliphatic heterocycles. The van der Waals surface area contributed by atoms with Crippen molar-refractivity contribution in [2.24, 2.45) is 0 Å². The Hall–Kier alpha value is -1.66. The summed E-state index contributed by atoms with van der Waals surface area (Å²) >= 11 is 6.19. The van der Waals surface area contributed by atoms with Crippen molar-refractivity contribution < 1.29 is 14.7 Å². The Morgan fingerprint density at radius 3 is 2.80 bits per heavy atom. The molecule has 0 bridgehead atoms. The third-order valence-electron chi connectivity index (χ3n) is 2.89. The van der Waals surface area contributed by atoms with Gasteiger partial charge in [-0.05, 0) is 31.1 Å². The summed E-state index contributed by atoms with van der Waals surface area (Å²) in [4.78, 5) is 24.4. The zero-order valence-electron chi connectivity index (χ0n) is 11.0. The molecule has 1 aromatic rings. The number of aliphatic carboxylic acids is 1. The highest BCUT2D eigenvalue weighted by Crippen LogP contribution is 2.32. The van der Waals surface area contributed by atoms with E-state index in [1.54, 1.807) is 6.08 Å². The van der Waals surface area contributed by atoms with Crippen LogP contribution in [0.3, 0.4) is 0 Å². The van der Waals surface area contributed by atoms with Gasteiger partial charge < -0.3 is 5.11 Å². The quantitative estimate of drug-likeness (QED) is 0.687. The smallest absolute Gasteiger partial charge is 0.323 e. The van der Waals surface area contributed by atoms with Gasteiger partial charge in [-0.25, -0.2) is 0 Å². The lowest BCUT2D eigenvalue weighted by molar-refractivity contribution is -0.140. The number of carboxylic acid groups (broad SMARTS) is 1. The minimum absolute atomic E-state index is 0.286. The summed E-state index contributed by atoms with van der Waals surface area (Å²) in [5, 5.41) is 8.78. The Labute approximate surface area is 126 Å². The number of carboxylic acids is 1. The Morgan fingerprint density at radius 2 is 2.15 bits per heavy atom. The van der Waals surface area contributed by atoms with Crippen LogP contribution in [0.4, 0.5) is 0 Å². The van der Waals surface area contributed by atoms with E-state index in [4.69, 9.17) is 17.3 Å². The SMILES string of the molecule is Cc1ccc(C)c(C=C2SC(=S)N(CC(=O)O)C2=O)c1. The molecular weight excluding hydrogens is 294 g/mol. The van der Waals surface area contributed by atoms with Crippen LogP contribution in [0.25, 0.3) is 6.08 Å². The molecule has 2 rings (SSSR count). The minimum atomic E-state index is -1.07. The van der Waals surface area contributed by atoms with Gasteiger partial charge in [0, 0.05) is 0 Å². The Kier molecular flexibility index (Phi) is 4.25.